The van der Waals surface area contributed by atoms with E-state index < -0.39 is 0 Å². The van der Waals surface area contributed by atoms with Gasteiger partial charge in [0.05, 0.1) is 12.7 Å². The second kappa shape index (κ2) is 7.86. The molecule has 1 atom stereocenters. The molecule has 0 aromatic rings. The van der Waals surface area contributed by atoms with Crippen molar-refractivity contribution in [2.45, 2.75) is 89.2 Å². The highest BCUT2D eigenvalue weighted by Crippen LogP contribution is 2.61. The quantitative estimate of drug-likeness (QED) is 0.666. The maximum absolute atomic E-state index is 10.3. The molecule has 0 amide bonds. The predicted molar refractivity (Wildman–Crippen MR) is 102 cm³/mol. The number of hydrogen-bond acceptors (Lipinski definition) is 3. The zero-order valence-corrected chi connectivity index (χ0v) is 16.3. The molecule has 0 radical (unpaired) electrons. The summed E-state index contributed by atoms with van der Waals surface area (Å²) in [6.45, 7) is 2.14. The molecule has 3 heteroatoms. The summed E-state index contributed by atoms with van der Waals surface area (Å²) in [5.41, 5.74) is 0.610. The van der Waals surface area contributed by atoms with Gasteiger partial charge in [-0.25, -0.2) is 0 Å². The van der Waals surface area contributed by atoms with E-state index in [1.54, 1.807) is 0 Å². The van der Waals surface area contributed by atoms with Crippen LogP contribution in [0.4, 0.5) is 0 Å². The molecule has 5 rings (SSSR count). The molecule has 1 N–H and O–H groups in total. The van der Waals surface area contributed by atoms with Crippen molar-refractivity contribution in [2.24, 2.45) is 23.2 Å². The van der Waals surface area contributed by atoms with Crippen LogP contribution in [0.25, 0.3) is 0 Å². The lowest BCUT2D eigenvalue weighted by Gasteiger charge is -2.57. The van der Waals surface area contributed by atoms with Gasteiger partial charge in [-0.3, -0.25) is 0 Å². The van der Waals surface area contributed by atoms with E-state index in [4.69, 9.17) is 4.74 Å². The summed E-state index contributed by atoms with van der Waals surface area (Å²) in [5, 5.41) is 10.3. The summed E-state index contributed by atoms with van der Waals surface area (Å²) in [4.78, 5) is 2.37. The van der Waals surface area contributed by atoms with Crippen molar-refractivity contribution >= 4 is 0 Å². The Hall–Kier alpha value is -0.120. The molecule has 0 spiro atoms. The average Bonchev–Trinajstić information content (AvgIpc) is 2.58. The first-order valence-corrected chi connectivity index (χ1v) is 11.1. The van der Waals surface area contributed by atoms with Gasteiger partial charge in [0.25, 0.3) is 0 Å². The van der Waals surface area contributed by atoms with Crippen LogP contribution in [0.1, 0.15) is 77.0 Å². The molecule has 5 aliphatic carbocycles. The third-order valence-corrected chi connectivity index (χ3v) is 7.95. The van der Waals surface area contributed by atoms with E-state index in [2.05, 4.69) is 11.9 Å². The van der Waals surface area contributed by atoms with E-state index in [0.29, 0.717) is 18.1 Å². The molecule has 4 bridgehead atoms. The Bertz CT molecular complexity index is 396. The first kappa shape index (κ1) is 18.3. The van der Waals surface area contributed by atoms with Crippen LogP contribution in [0.2, 0.25) is 0 Å². The van der Waals surface area contributed by atoms with E-state index in [1.165, 1.54) is 77.0 Å². The lowest BCUT2D eigenvalue weighted by Crippen LogP contribution is -2.46. The Morgan fingerprint density at radius 3 is 2.20 bits per heavy atom. The number of ether oxygens (including phenoxy) is 1. The van der Waals surface area contributed by atoms with Crippen LogP contribution >= 0.6 is 0 Å². The maximum atomic E-state index is 10.3. The minimum atomic E-state index is -0.330. The van der Waals surface area contributed by atoms with Gasteiger partial charge >= 0.3 is 0 Å². The van der Waals surface area contributed by atoms with Gasteiger partial charge in [-0.05, 0) is 88.0 Å². The number of rotatable bonds is 8. The molecule has 5 aliphatic rings. The summed E-state index contributed by atoms with van der Waals surface area (Å²) < 4.78 is 5.95. The second-order valence-electron chi connectivity index (χ2n) is 10.1. The van der Waals surface area contributed by atoms with Crippen LogP contribution in [0.15, 0.2) is 0 Å². The fourth-order valence-electron chi connectivity index (χ4n) is 7.16. The molecule has 0 saturated heterocycles. The van der Waals surface area contributed by atoms with Crippen LogP contribution in [-0.2, 0) is 4.74 Å². The van der Waals surface area contributed by atoms with Crippen LogP contribution in [0.3, 0.4) is 0 Å². The van der Waals surface area contributed by atoms with Crippen molar-refractivity contribution in [3.63, 3.8) is 0 Å². The van der Waals surface area contributed by atoms with E-state index >= 15 is 0 Å². The van der Waals surface area contributed by atoms with Crippen molar-refractivity contribution in [2.75, 3.05) is 26.8 Å². The first-order valence-electron chi connectivity index (χ1n) is 11.1. The minimum Gasteiger partial charge on any atom is -0.389 e. The molecular formula is C22H39NO2. The Labute approximate surface area is 154 Å². The van der Waals surface area contributed by atoms with E-state index in [-0.39, 0.29) is 6.10 Å². The van der Waals surface area contributed by atoms with Gasteiger partial charge in [0.15, 0.2) is 0 Å². The topological polar surface area (TPSA) is 32.7 Å². The fourth-order valence-corrected chi connectivity index (χ4v) is 7.16. The molecule has 5 fully saturated rings. The minimum absolute atomic E-state index is 0.330. The highest BCUT2D eigenvalue weighted by atomic mass is 16.5. The SMILES string of the molecule is CN(CC(O)COCCC12CC3CC(CC(C3)C1)C2)C1CCCCC1. The Morgan fingerprint density at radius 2 is 1.60 bits per heavy atom. The third-order valence-electron chi connectivity index (χ3n) is 7.95. The molecule has 0 aromatic carbocycles. The average molecular weight is 350 g/mol. The van der Waals surface area contributed by atoms with Gasteiger partial charge in [0.2, 0.25) is 0 Å². The number of aliphatic hydroxyl groups excluding tert-OH is 1. The Balaban J connectivity index is 1.15. The summed E-state index contributed by atoms with van der Waals surface area (Å²) >= 11 is 0. The van der Waals surface area contributed by atoms with Gasteiger partial charge < -0.3 is 14.7 Å². The highest BCUT2D eigenvalue weighted by Gasteiger charge is 2.50. The normalized spacial score (nSPS) is 39.2. The maximum Gasteiger partial charge on any atom is 0.0900 e. The van der Waals surface area contributed by atoms with Gasteiger partial charge in [-0.1, -0.05) is 19.3 Å². The van der Waals surface area contributed by atoms with Gasteiger partial charge in [-0.15, -0.1) is 0 Å². The number of aliphatic hydroxyl groups is 1. The summed E-state index contributed by atoms with van der Waals surface area (Å²) in [7, 11) is 2.18. The zero-order chi connectivity index (χ0) is 17.3. The second-order valence-corrected chi connectivity index (χ2v) is 10.1. The van der Waals surface area contributed by atoms with Crippen LogP contribution in [0.5, 0.6) is 0 Å². The first-order chi connectivity index (χ1) is 12.1. The van der Waals surface area contributed by atoms with Crippen LogP contribution < -0.4 is 0 Å². The van der Waals surface area contributed by atoms with E-state index in [1.807, 2.05) is 0 Å². The smallest absolute Gasteiger partial charge is 0.0900 e. The third kappa shape index (κ3) is 4.42. The molecule has 1 unspecified atom stereocenters. The molecular weight excluding hydrogens is 310 g/mol. The summed E-state index contributed by atoms with van der Waals surface area (Å²) in [6.07, 6.45) is 16.6. The number of likely N-dealkylation sites (N-methyl/N-ethyl adjacent to an activating group) is 1. The van der Waals surface area contributed by atoms with Crippen molar-refractivity contribution in [1.82, 2.24) is 4.90 Å². The number of hydrogen-bond donors (Lipinski definition) is 1. The molecule has 25 heavy (non-hydrogen) atoms. The lowest BCUT2D eigenvalue weighted by atomic mass is 9.49. The molecule has 3 nitrogen and oxygen atoms in total. The van der Waals surface area contributed by atoms with Crippen LogP contribution in [-0.4, -0.2) is 49.0 Å². The predicted octanol–water partition coefficient (Wildman–Crippen LogP) is 4.23. The van der Waals surface area contributed by atoms with Crippen LogP contribution in [0, 0.1) is 23.2 Å². The van der Waals surface area contributed by atoms with Gasteiger partial charge in [0.1, 0.15) is 0 Å². The van der Waals surface area contributed by atoms with E-state index in [0.717, 1.165) is 30.9 Å². The molecule has 0 aliphatic heterocycles. The largest absolute Gasteiger partial charge is 0.389 e. The van der Waals surface area contributed by atoms with Gasteiger partial charge in [0, 0.05) is 19.2 Å². The van der Waals surface area contributed by atoms with Crippen molar-refractivity contribution in [3.05, 3.63) is 0 Å². The van der Waals surface area contributed by atoms with Crippen molar-refractivity contribution < 1.29 is 9.84 Å². The molecule has 0 aromatic heterocycles. The standard InChI is InChI=1S/C22H39NO2/c1-23(20-5-3-2-4-6-20)15-21(24)16-25-8-7-22-12-17-9-18(13-22)11-19(10-17)14-22/h17-21,24H,2-16H2,1H3. The fraction of sp³-hybridized carbons (Fsp3) is 1.00. The summed E-state index contributed by atoms with van der Waals surface area (Å²) in [6, 6.07) is 0.676. The Kier molecular flexibility index (Phi) is 5.74. The molecule has 0 heterocycles. The van der Waals surface area contributed by atoms with Crippen molar-refractivity contribution in [3.8, 4) is 0 Å². The summed E-state index contributed by atoms with van der Waals surface area (Å²) in [5.74, 6) is 3.09. The monoisotopic (exact) mass is 349 g/mol. The number of nitrogens with zero attached hydrogens (tertiary/aromatic N) is 1. The van der Waals surface area contributed by atoms with E-state index in [9.17, 15) is 5.11 Å². The Morgan fingerprint density at radius 1 is 1.00 bits per heavy atom. The molecule has 5 saturated carbocycles. The molecule has 144 valence electrons. The zero-order valence-electron chi connectivity index (χ0n) is 16.3. The highest BCUT2D eigenvalue weighted by molar-refractivity contribution is 5.01. The van der Waals surface area contributed by atoms with Gasteiger partial charge in [-0.2, -0.15) is 0 Å². The lowest BCUT2D eigenvalue weighted by molar-refractivity contribution is -0.0743. The van der Waals surface area contributed by atoms with Crippen molar-refractivity contribution in [1.29, 1.82) is 0 Å².